The Labute approximate surface area is 136 Å². The Morgan fingerprint density at radius 1 is 0.760 bits per heavy atom. The number of nitrogens with one attached hydrogen (secondary N) is 2. The van der Waals surface area contributed by atoms with Gasteiger partial charge in [0.15, 0.2) is 17.5 Å². The van der Waals surface area contributed by atoms with Crippen LogP contribution in [-0.4, -0.2) is 11.8 Å². The Morgan fingerprint density at radius 2 is 1.32 bits per heavy atom. The molecule has 2 rings (SSSR count). The van der Waals surface area contributed by atoms with E-state index in [0.717, 1.165) is 12.1 Å². The lowest BCUT2D eigenvalue weighted by Crippen LogP contribution is -2.29. The zero-order valence-electron chi connectivity index (χ0n) is 12.0. The van der Waals surface area contributed by atoms with Gasteiger partial charge in [0.1, 0.15) is 0 Å². The van der Waals surface area contributed by atoms with E-state index in [-0.39, 0.29) is 5.69 Å². The van der Waals surface area contributed by atoms with Gasteiger partial charge in [-0.3, -0.25) is 9.59 Å². The Morgan fingerprint density at radius 3 is 1.88 bits per heavy atom. The molecule has 0 saturated carbocycles. The van der Waals surface area contributed by atoms with Crippen LogP contribution >= 0.6 is 0 Å². The molecule has 2 aromatic carbocycles. The van der Waals surface area contributed by atoms with Gasteiger partial charge in [-0.05, 0) is 36.4 Å². The van der Waals surface area contributed by atoms with Crippen LogP contribution in [0.5, 0.6) is 0 Å². The number of hydrogen-bond donors (Lipinski definition) is 2. The summed E-state index contributed by atoms with van der Waals surface area (Å²) in [5, 5.41) is 3.70. The second kappa shape index (κ2) is 6.83. The Hall–Kier alpha value is -3.04. The van der Waals surface area contributed by atoms with Gasteiger partial charge in [-0.25, -0.2) is 13.2 Å². The lowest BCUT2D eigenvalue weighted by Gasteiger charge is -2.09. The van der Waals surface area contributed by atoms with Crippen LogP contribution in [0, 0.1) is 17.5 Å². The number of anilines is 2. The SMILES string of the molecule is O=C(Nc1ccc(C(F)(F)F)cc1)C(=O)Nc1ccc(F)c(F)c1F. The highest BCUT2D eigenvalue weighted by Gasteiger charge is 2.30. The van der Waals surface area contributed by atoms with E-state index in [4.69, 9.17) is 0 Å². The van der Waals surface area contributed by atoms with E-state index in [1.807, 2.05) is 5.32 Å². The van der Waals surface area contributed by atoms with Gasteiger partial charge in [0, 0.05) is 5.69 Å². The molecule has 2 amide bonds. The molecule has 0 aliphatic heterocycles. The van der Waals surface area contributed by atoms with Gasteiger partial charge in [-0.2, -0.15) is 13.2 Å². The quantitative estimate of drug-likeness (QED) is 0.486. The smallest absolute Gasteiger partial charge is 0.318 e. The van der Waals surface area contributed by atoms with Crippen LogP contribution in [0.15, 0.2) is 36.4 Å². The number of hydrogen-bond acceptors (Lipinski definition) is 2. The molecular formula is C15H8F6N2O2. The summed E-state index contributed by atoms with van der Waals surface area (Å²) in [4.78, 5) is 23.2. The number of amides is 2. The second-order valence-corrected chi connectivity index (χ2v) is 4.71. The van der Waals surface area contributed by atoms with Gasteiger partial charge >= 0.3 is 18.0 Å². The number of carbonyl (C=O) groups is 2. The molecule has 0 aromatic heterocycles. The molecule has 0 aliphatic rings. The van der Waals surface area contributed by atoms with Crippen LogP contribution in [0.2, 0.25) is 0 Å². The van der Waals surface area contributed by atoms with E-state index in [2.05, 4.69) is 0 Å². The maximum Gasteiger partial charge on any atom is 0.416 e. The van der Waals surface area contributed by atoms with Gasteiger partial charge in [0.05, 0.1) is 11.3 Å². The van der Waals surface area contributed by atoms with Crippen molar-refractivity contribution in [3.05, 3.63) is 59.4 Å². The summed E-state index contributed by atoms with van der Waals surface area (Å²) >= 11 is 0. The number of halogens is 6. The molecule has 10 heteroatoms. The summed E-state index contributed by atoms with van der Waals surface area (Å²) in [5.74, 6) is -7.78. The number of rotatable bonds is 2. The first-order valence-corrected chi connectivity index (χ1v) is 6.52. The maximum atomic E-state index is 13.4. The molecule has 0 spiro atoms. The van der Waals surface area contributed by atoms with Crippen molar-refractivity contribution >= 4 is 23.2 Å². The number of carbonyl (C=O) groups excluding carboxylic acids is 2. The minimum atomic E-state index is -4.57. The van der Waals surface area contributed by atoms with E-state index in [1.54, 1.807) is 5.32 Å². The third kappa shape index (κ3) is 4.28. The van der Waals surface area contributed by atoms with Crippen LogP contribution in [-0.2, 0) is 15.8 Å². The zero-order chi connectivity index (χ0) is 18.8. The number of alkyl halides is 3. The maximum absolute atomic E-state index is 13.4. The summed E-state index contributed by atoms with van der Waals surface area (Å²) in [6, 6.07) is 4.43. The fourth-order valence-corrected chi connectivity index (χ4v) is 1.73. The van der Waals surface area contributed by atoms with Crippen LogP contribution in [0.1, 0.15) is 5.56 Å². The summed E-state index contributed by atoms with van der Waals surface area (Å²) in [6.45, 7) is 0. The van der Waals surface area contributed by atoms with Gasteiger partial charge in [-0.15, -0.1) is 0 Å². The lowest BCUT2D eigenvalue weighted by molar-refractivity contribution is -0.137. The van der Waals surface area contributed by atoms with Crippen LogP contribution in [0.4, 0.5) is 37.7 Å². The van der Waals surface area contributed by atoms with Crippen molar-refractivity contribution in [1.82, 2.24) is 0 Å². The monoisotopic (exact) mass is 362 g/mol. The van der Waals surface area contributed by atoms with Crippen LogP contribution in [0.3, 0.4) is 0 Å². The van der Waals surface area contributed by atoms with Gasteiger partial charge in [0.2, 0.25) is 0 Å². The normalized spacial score (nSPS) is 11.1. The van der Waals surface area contributed by atoms with Crippen LogP contribution < -0.4 is 10.6 Å². The lowest BCUT2D eigenvalue weighted by atomic mass is 10.2. The summed E-state index contributed by atoms with van der Waals surface area (Å²) in [5.41, 5.74) is -1.86. The highest BCUT2D eigenvalue weighted by atomic mass is 19.4. The van der Waals surface area contributed by atoms with E-state index in [0.29, 0.717) is 24.3 Å². The highest BCUT2D eigenvalue weighted by molar-refractivity contribution is 6.43. The standard InChI is InChI=1S/C15H8F6N2O2/c16-9-5-6-10(12(18)11(9)17)23-14(25)13(24)22-8-3-1-7(2-4-8)15(19,20)21/h1-6H,(H,22,24)(H,23,25). The number of benzene rings is 2. The van der Waals surface area contributed by atoms with Gasteiger partial charge in [0.25, 0.3) is 0 Å². The molecule has 0 fully saturated rings. The molecule has 0 saturated heterocycles. The highest BCUT2D eigenvalue weighted by Crippen LogP contribution is 2.29. The summed E-state index contributed by atoms with van der Waals surface area (Å²) < 4.78 is 76.4. The summed E-state index contributed by atoms with van der Waals surface area (Å²) in [7, 11) is 0. The molecule has 2 N–H and O–H groups in total. The van der Waals surface area contributed by atoms with E-state index >= 15 is 0 Å². The van der Waals surface area contributed by atoms with Crippen molar-refractivity contribution in [2.75, 3.05) is 10.6 Å². The minimum absolute atomic E-state index is 0.126. The van der Waals surface area contributed by atoms with Gasteiger partial charge < -0.3 is 10.6 Å². The van der Waals surface area contributed by atoms with E-state index in [1.165, 1.54) is 0 Å². The molecule has 0 unspecified atom stereocenters. The summed E-state index contributed by atoms with van der Waals surface area (Å²) in [6.07, 6.45) is -4.57. The fourth-order valence-electron chi connectivity index (χ4n) is 1.73. The molecule has 0 radical (unpaired) electrons. The topological polar surface area (TPSA) is 58.2 Å². The molecule has 132 valence electrons. The first-order chi connectivity index (χ1) is 11.6. The molecule has 0 aliphatic carbocycles. The van der Waals surface area contributed by atoms with E-state index in [9.17, 15) is 35.9 Å². The van der Waals surface area contributed by atoms with Crippen molar-refractivity contribution in [3.8, 4) is 0 Å². The Kier molecular flexibility index (Phi) is 5.00. The Bertz CT molecular complexity index is 818. The minimum Gasteiger partial charge on any atom is -0.318 e. The van der Waals surface area contributed by atoms with Crippen LogP contribution in [0.25, 0.3) is 0 Å². The van der Waals surface area contributed by atoms with Crippen molar-refractivity contribution in [2.24, 2.45) is 0 Å². The van der Waals surface area contributed by atoms with Crippen molar-refractivity contribution in [1.29, 1.82) is 0 Å². The fraction of sp³-hybridized carbons (Fsp3) is 0.0667. The third-order valence-electron chi connectivity index (χ3n) is 2.96. The largest absolute Gasteiger partial charge is 0.416 e. The predicted octanol–water partition coefficient (Wildman–Crippen LogP) is 3.70. The Balaban J connectivity index is 2.06. The molecule has 0 atom stereocenters. The average molecular weight is 362 g/mol. The first kappa shape index (κ1) is 18.3. The van der Waals surface area contributed by atoms with Crippen molar-refractivity contribution in [2.45, 2.75) is 6.18 Å². The predicted molar refractivity (Wildman–Crippen MR) is 75.0 cm³/mol. The first-order valence-electron chi connectivity index (χ1n) is 6.52. The molecule has 0 bridgehead atoms. The van der Waals surface area contributed by atoms with Gasteiger partial charge in [-0.1, -0.05) is 0 Å². The van der Waals surface area contributed by atoms with E-state index < -0.39 is 46.7 Å². The van der Waals surface area contributed by atoms with Crippen molar-refractivity contribution < 1.29 is 35.9 Å². The molecular weight excluding hydrogens is 354 g/mol. The van der Waals surface area contributed by atoms with Crippen molar-refractivity contribution in [3.63, 3.8) is 0 Å². The average Bonchev–Trinajstić information content (AvgIpc) is 2.55. The molecule has 25 heavy (non-hydrogen) atoms. The molecule has 4 nitrogen and oxygen atoms in total. The second-order valence-electron chi connectivity index (χ2n) is 4.71. The molecule has 2 aromatic rings. The molecule has 0 heterocycles. The third-order valence-corrected chi connectivity index (χ3v) is 2.96. The zero-order valence-corrected chi connectivity index (χ0v) is 12.0.